The largest absolute Gasteiger partial charge is 0.493 e. The average molecular weight is 843 g/mol. The van der Waals surface area contributed by atoms with Gasteiger partial charge in [-0.1, -0.05) is 39.3 Å². The lowest BCUT2D eigenvalue weighted by molar-refractivity contribution is -0.123. The number of hydrogen-bond acceptors (Lipinski definition) is 11. The van der Waals surface area contributed by atoms with Crippen LogP contribution in [-0.4, -0.2) is 145 Å². The average Bonchev–Trinajstić information content (AvgIpc) is 3.47. The lowest BCUT2D eigenvalue weighted by atomic mass is 10.1. The summed E-state index contributed by atoms with van der Waals surface area (Å²) in [5.74, 6) is -0.244. The second-order valence-corrected chi connectivity index (χ2v) is 29.1. The standard InChI is InChI=1S/C41H62N4O11Si2/c1-27-17-30-32(44(25-53-13-15-57(4,5)6)38(48)24-42(39(30)49)22-28(2)46)20-35(27)55-11-10-12-56-37-21-33-31(19-36(37)52-3)40(50)43-23-29(47)18-34(43)41(51)45(33)26-54-14-16-58(7,8)9/h17,19-21,28-29,34,46-47H,10-16,18,22-26H2,1-9H3/t28-,29-,34+/m1/s1. The summed E-state index contributed by atoms with van der Waals surface area (Å²) >= 11 is 0. The van der Waals surface area contributed by atoms with Crippen LogP contribution in [0.5, 0.6) is 17.2 Å². The molecule has 3 aliphatic rings. The maximum absolute atomic E-state index is 13.9. The summed E-state index contributed by atoms with van der Waals surface area (Å²) in [6, 6.07) is 7.63. The Labute approximate surface area is 344 Å². The molecule has 0 spiro atoms. The third-order valence-corrected chi connectivity index (χ3v) is 13.8. The molecule has 0 bridgehead atoms. The van der Waals surface area contributed by atoms with Gasteiger partial charge in [-0.2, -0.15) is 0 Å². The first kappa shape index (κ1) is 45.1. The van der Waals surface area contributed by atoms with Crippen LogP contribution in [0.2, 0.25) is 51.4 Å². The highest BCUT2D eigenvalue weighted by molar-refractivity contribution is 6.76. The number of rotatable bonds is 19. The van der Waals surface area contributed by atoms with Crippen molar-refractivity contribution in [2.24, 2.45) is 0 Å². The minimum absolute atomic E-state index is 0.0148. The van der Waals surface area contributed by atoms with Gasteiger partial charge in [0, 0.05) is 67.4 Å². The van der Waals surface area contributed by atoms with Crippen LogP contribution in [0.1, 0.15) is 46.0 Å². The first-order valence-electron chi connectivity index (χ1n) is 20.1. The molecule has 3 atom stereocenters. The number of nitrogens with zero attached hydrogens (tertiary/aromatic N) is 4. The van der Waals surface area contributed by atoms with Crippen molar-refractivity contribution in [1.82, 2.24) is 9.80 Å². The minimum atomic E-state index is -1.40. The van der Waals surface area contributed by atoms with Gasteiger partial charge < -0.3 is 43.7 Å². The lowest BCUT2D eigenvalue weighted by Gasteiger charge is -2.26. The molecule has 0 unspecified atom stereocenters. The van der Waals surface area contributed by atoms with Crippen LogP contribution in [-0.2, 0) is 19.1 Å². The number of methoxy groups -OCH3 is 1. The number of anilines is 2. The fraction of sp³-hybridized carbons (Fsp3) is 0.610. The number of carbonyl (C=O) groups excluding carboxylic acids is 4. The second kappa shape index (κ2) is 18.9. The Bertz CT molecular complexity index is 1830. The van der Waals surface area contributed by atoms with Crippen LogP contribution >= 0.6 is 0 Å². The quantitative estimate of drug-likeness (QED) is 0.150. The Morgan fingerprint density at radius 1 is 0.776 bits per heavy atom. The highest BCUT2D eigenvalue weighted by atomic mass is 28.3. The van der Waals surface area contributed by atoms with Crippen molar-refractivity contribution in [3.05, 3.63) is 41.0 Å². The van der Waals surface area contributed by atoms with Crippen LogP contribution in [0, 0.1) is 6.92 Å². The Morgan fingerprint density at radius 2 is 1.34 bits per heavy atom. The summed E-state index contributed by atoms with van der Waals surface area (Å²) in [4.78, 5) is 60.7. The highest BCUT2D eigenvalue weighted by Gasteiger charge is 2.46. The fourth-order valence-electron chi connectivity index (χ4n) is 7.03. The molecule has 2 N–H and O–H groups in total. The van der Waals surface area contributed by atoms with Gasteiger partial charge in [0.1, 0.15) is 31.8 Å². The van der Waals surface area contributed by atoms with Crippen molar-refractivity contribution < 1.29 is 53.1 Å². The maximum Gasteiger partial charge on any atom is 0.256 e. The maximum atomic E-state index is 13.9. The summed E-state index contributed by atoms with van der Waals surface area (Å²) in [5, 5.41) is 20.5. The van der Waals surface area contributed by atoms with Gasteiger partial charge >= 0.3 is 0 Å². The summed E-state index contributed by atoms with van der Waals surface area (Å²) < 4.78 is 30.1. The molecule has 3 aliphatic heterocycles. The predicted octanol–water partition coefficient (Wildman–Crippen LogP) is 4.57. The van der Waals surface area contributed by atoms with E-state index in [4.69, 9.17) is 23.7 Å². The molecule has 4 amide bonds. The third kappa shape index (κ3) is 11.2. The van der Waals surface area contributed by atoms with E-state index in [9.17, 15) is 29.4 Å². The van der Waals surface area contributed by atoms with Crippen molar-refractivity contribution in [2.75, 3.05) is 76.4 Å². The monoisotopic (exact) mass is 842 g/mol. The number of benzene rings is 2. The molecule has 58 heavy (non-hydrogen) atoms. The van der Waals surface area contributed by atoms with Crippen molar-refractivity contribution >= 4 is 51.2 Å². The van der Waals surface area contributed by atoms with E-state index in [1.165, 1.54) is 26.7 Å². The van der Waals surface area contributed by atoms with Gasteiger partial charge in [-0.15, -0.1) is 0 Å². The minimum Gasteiger partial charge on any atom is -0.493 e. The molecule has 1 saturated heterocycles. The van der Waals surface area contributed by atoms with Gasteiger partial charge in [0.05, 0.1) is 55.0 Å². The molecule has 2 aromatic rings. The number of amides is 4. The Hall–Kier alpha value is -4.01. The normalized spacial score (nSPS) is 19.2. The number of fused-ring (bicyclic) bond motifs is 3. The number of aryl methyl sites for hydroxylation is 1. The summed E-state index contributed by atoms with van der Waals surface area (Å²) in [6.07, 6.45) is -1.04. The Kier molecular flexibility index (Phi) is 14.7. The van der Waals surface area contributed by atoms with Crippen LogP contribution in [0.3, 0.4) is 0 Å². The van der Waals surface area contributed by atoms with Crippen molar-refractivity contribution in [2.45, 2.75) is 96.3 Å². The van der Waals surface area contributed by atoms with Gasteiger partial charge in [0.2, 0.25) is 5.91 Å². The highest BCUT2D eigenvalue weighted by Crippen LogP contribution is 2.40. The van der Waals surface area contributed by atoms with Crippen molar-refractivity contribution in [3.8, 4) is 17.2 Å². The van der Waals surface area contributed by atoms with E-state index >= 15 is 0 Å². The van der Waals surface area contributed by atoms with E-state index in [2.05, 4.69) is 39.3 Å². The third-order valence-electron chi connectivity index (χ3n) is 10.3. The van der Waals surface area contributed by atoms with Gasteiger partial charge in [-0.05, 0) is 43.6 Å². The second-order valence-electron chi connectivity index (χ2n) is 17.9. The molecule has 0 saturated carbocycles. The molecule has 15 nitrogen and oxygen atoms in total. The van der Waals surface area contributed by atoms with Crippen LogP contribution in [0.25, 0.3) is 0 Å². The van der Waals surface area contributed by atoms with Gasteiger partial charge in [-0.3, -0.25) is 29.0 Å². The number of ether oxygens (including phenoxy) is 5. The number of aliphatic hydroxyl groups is 2. The predicted molar refractivity (Wildman–Crippen MR) is 226 cm³/mol. The van der Waals surface area contributed by atoms with Gasteiger partial charge in [0.25, 0.3) is 17.7 Å². The zero-order chi connectivity index (χ0) is 42.5. The van der Waals surface area contributed by atoms with E-state index in [0.29, 0.717) is 59.4 Å². The van der Waals surface area contributed by atoms with E-state index < -0.39 is 34.4 Å². The molecule has 0 aromatic heterocycles. The Morgan fingerprint density at radius 3 is 1.95 bits per heavy atom. The fourth-order valence-corrected chi connectivity index (χ4v) is 8.54. The SMILES string of the molecule is COc1cc2c(cc1OCCCOc1cc3c(cc1C)C(=O)N(C[C@@H](C)O)CC(=O)N3COCC[Si](C)(C)C)N(COCC[Si](C)(C)C)C(=O)[C@@H]1C[C@@H](O)CN1C2=O. The summed E-state index contributed by atoms with van der Waals surface area (Å²) in [5.41, 5.74) is 2.01. The van der Waals surface area contributed by atoms with Gasteiger partial charge in [0.15, 0.2) is 11.5 Å². The zero-order valence-corrected chi connectivity index (χ0v) is 37.6. The first-order chi connectivity index (χ1) is 27.3. The van der Waals surface area contributed by atoms with E-state index in [1.807, 2.05) is 6.92 Å². The lowest BCUT2D eigenvalue weighted by Crippen LogP contribution is -2.45. The van der Waals surface area contributed by atoms with Crippen molar-refractivity contribution in [3.63, 3.8) is 0 Å². The molecule has 17 heteroatoms. The van der Waals surface area contributed by atoms with Crippen LogP contribution < -0.4 is 24.0 Å². The molecule has 2 aromatic carbocycles. The number of carbonyl (C=O) groups is 4. The van der Waals surface area contributed by atoms with E-state index in [0.717, 1.165) is 12.1 Å². The van der Waals surface area contributed by atoms with E-state index in [1.54, 1.807) is 31.2 Å². The number of aliphatic hydroxyl groups excluding tert-OH is 2. The van der Waals surface area contributed by atoms with E-state index in [-0.39, 0.29) is 81.9 Å². The molecule has 0 radical (unpaired) electrons. The number of β-amino-alcohol motifs (C(OH)–C–C–N with tert-alkyl or cyclic N) is 1. The first-order valence-corrected chi connectivity index (χ1v) is 27.5. The zero-order valence-electron chi connectivity index (χ0n) is 35.6. The number of hydrogen-bond donors (Lipinski definition) is 2. The molecule has 5 rings (SSSR count). The molecule has 3 heterocycles. The summed E-state index contributed by atoms with van der Waals surface area (Å²) in [7, 11) is -1.31. The van der Waals surface area contributed by atoms with Gasteiger partial charge in [-0.25, -0.2) is 0 Å². The van der Waals surface area contributed by atoms with Crippen LogP contribution in [0.4, 0.5) is 11.4 Å². The molecular formula is C41H62N4O11Si2. The molecule has 320 valence electrons. The van der Waals surface area contributed by atoms with Crippen LogP contribution in [0.15, 0.2) is 24.3 Å². The topological polar surface area (TPSA) is 168 Å². The smallest absolute Gasteiger partial charge is 0.256 e. The molecule has 1 fully saturated rings. The molecular weight excluding hydrogens is 781 g/mol. The van der Waals surface area contributed by atoms with Crippen molar-refractivity contribution in [1.29, 1.82) is 0 Å². The Balaban J connectivity index is 1.31. The molecule has 0 aliphatic carbocycles. The summed E-state index contributed by atoms with van der Waals surface area (Å²) in [6.45, 7) is 18.1.